The number of thiophene rings is 1. The largest absolute Gasteiger partial charge is 0.391 e. The number of hydrogen-bond donors (Lipinski definition) is 1. The van der Waals surface area contributed by atoms with Gasteiger partial charge in [0.1, 0.15) is 0 Å². The van der Waals surface area contributed by atoms with Gasteiger partial charge in [0, 0.05) is 10.0 Å². The summed E-state index contributed by atoms with van der Waals surface area (Å²) in [6.45, 7) is 2.01. The van der Waals surface area contributed by atoms with Crippen molar-refractivity contribution in [1.82, 2.24) is 10.1 Å². The van der Waals surface area contributed by atoms with Crippen LogP contribution in [0, 0.1) is 6.92 Å². The van der Waals surface area contributed by atoms with Crippen molar-refractivity contribution in [2.45, 2.75) is 6.92 Å². The second-order valence-electron chi connectivity index (χ2n) is 4.08. The topological polar surface area (TPSA) is 64.9 Å². The predicted molar refractivity (Wildman–Crippen MR) is 79.9 cm³/mol. The van der Waals surface area contributed by atoms with E-state index < -0.39 is 0 Å². The van der Waals surface area contributed by atoms with Gasteiger partial charge in [-0.1, -0.05) is 21.1 Å². The van der Waals surface area contributed by atoms with Gasteiger partial charge in [-0.3, -0.25) is 0 Å². The highest BCUT2D eigenvalue weighted by Crippen LogP contribution is 2.30. The fraction of sp³-hybridized carbons (Fsp3) is 0.0769. The Bertz CT molecular complexity index is 735. The Balaban J connectivity index is 2.01. The standard InChI is InChI=1S/C13H10BrN3OS/c1-7-6-8(14)2-3-9(7)12-16-13(18-17-12)10-4-5-11(15)19-10/h2-6H,15H2,1H3. The highest BCUT2D eigenvalue weighted by Gasteiger charge is 2.13. The second-order valence-corrected chi connectivity index (χ2v) is 6.12. The molecule has 0 saturated carbocycles. The number of nitrogen functional groups attached to an aromatic ring is 1. The highest BCUT2D eigenvalue weighted by molar-refractivity contribution is 9.10. The van der Waals surface area contributed by atoms with E-state index in [0.29, 0.717) is 11.7 Å². The van der Waals surface area contributed by atoms with Crippen LogP contribution in [0.4, 0.5) is 5.00 Å². The maximum Gasteiger partial charge on any atom is 0.268 e. The van der Waals surface area contributed by atoms with E-state index in [4.69, 9.17) is 10.3 Å². The van der Waals surface area contributed by atoms with E-state index in [0.717, 1.165) is 25.5 Å². The maximum atomic E-state index is 5.70. The van der Waals surface area contributed by atoms with Crippen LogP contribution in [-0.4, -0.2) is 10.1 Å². The first-order chi connectivity index (χ1) is 9.13. The first-order valence-electron chi connectivity index (χ1n) is 5.59. The molecule has 0 aliphatic heterocycles. The fourth-order valence-electron chi connectivity index (χ4n) is 1.78. The lowest BCUT2D eigenvalue weighted by atomic mass is 10.1. The molecular formula is C13H10BrN3OS. The number of rotatable bonds is 2. The zero-order valence-electron chi connectivity index (χ0n) is 10.1. The number of aryl methyl sites for hydroxylation is 1. The average Bonchev–Trinajstić information content (AvgIpc) is 2.97. The van der Waals surface area contributed by atoms with Gasteiger partial charge in [-0.15, -0.1) is 11.3 Å². The van der Waals surface area contributed by atoms with E-state index in [2.05, 4.69) is 26.1 Å². The number of nitrogens with zero attached hydrogens (tertiary/aromatic N) is 2. The molecule has 0 amide bonds. The van der Waals surface area contributed by atoms with Gasteiger partial charge in [0.15, 0.2) is 0 Å². The Morgan fingerprint density at radius 1 is 1.26 bits per heavy atom. The molecule has 0 aliphatic rings. The molecule has 2 aromatic heterocycles. The van der Waals surface area contributed by atoms with Crippen LogP contribution in [0.25, 0.3) is 22.2 Å². The van der Waals surface area contributed by atoms with E-state index in [9.17, 15) is 0 Å². The van der Waals surface area contributed by atoms with Gasteiger partial charge in [0.05, 0.1) is 9.88 Å². The molecule has 0 bridgehead atoms. The first-order valence-corrected chi connectivity index (χ1v) is 7.20. The third kappa shape index (κ3) is 2.41. The van der Waals surface area contributed by atoms with Crippen LogP contribution in [-0.2, 0) is 0 Å². The third-order valence-electron chi connectivity index (χ3n) is 2.69. The zero-order valence-corrected chi connectivity index (χ0v) is 12.5. The molecule has 3 rings (SSSR count). The molecule has 4 nitrogen and oxygen atoms in total. The van der Waals surface area contributed by atoms with Crippen LogP contribution in [0.3, 0.4) is 0 Å². The van der Waals surface area contributed by atoms with Gasteiger partial charge in [-0.05, 0) is 42.8 Å². The Morgan fingerprint density at radius 2 is 2.11 bits per heavy atom. The highest BCUT2D eigenvalue weighted by atomic mass is 79.9. The minimum Gasteiger partial charge on any atom is -0.391 e. The van der Waals surface area contributed by atoms with Crippen molar-refractivity contribution < 1.29 is 4.52 Å². The van der Waals surface area contributed by atoms with Crippen LogP contribution in [0.1, 0.15) is 5.56 Å². The lowest BCUT2D eigenvalue weighted by Crippen LogP contribution is -1.85. The molecule has 0 atom stereocenters. The molecule has 0 radical (unpaired) electrons. The van der Waals surface area contributed by atoms with E-state index in [-0.39, 0.29) is 0 Å². The van der Waals surface area contributed by atoms with Crippen LogP contribution in [0.15, 0.2) is 39.3 Å². The summed E-state index contributed by atoms with van der Waals surface area (Å²) in [7, 11) is 0. The van der Waals surface area contributed by atoms with Crippen LogP contribution in [0.5, 0.6) is 0 Å². The number of benzene rings is 1. The van der Waals surface area contributed by atoms with Crippen molar-refractivity contribution in [2.24, 2.45) is 0 Å². The molecule has 6 heteroatoms. The molecule has 0 aliphatic carbocycles. The number of anilines is 1. The summed E-state index contributed by atoms with van der Waals surface area (Å²) < 4.78 is 6.32. The summed E-state index contributed by atoms with van der Waals surface area (Å²) in [6.07, 6.45) is 0. The lowest BCUT2D eigenvalue weighted by Gasteiger charge is -2.00. The molecular weight excluding hydrogens is 326 g/mol. The Kier molecular flexibility index (Phi) is 3.12. The molecule has 0 fully saturated rings. The number of halogens is 1. The SMILES string of the molecule is Cc1cc(Br)ccc1-c1noc(-c2ccc(N)s2)n1. The van der Waals surface area contributed by atoms with Crippen molar-refractivity contribution in [3.63, 3.8) is 0 Å². The van der Waals surface area contributed by atoms with Gasteiger partial charge in [-0.25, -0.2) is 0 Å². The average molecular weight is 336 g/mol. The normalized spacial score (nSPS) is 10.8. The minimum atomic E-state index is 0.499. The van der Waals surface area contributed by atoms with E-state index in [1.165, 1.54) is 11.3 Å². The van der Waals surface area contributed by atoms with Gasteiger partial charge in [0.25, 0.3) is 5.89 Å². The summed E-state index contributed by atoms with van der Waals surface area (Å²) in [5.41, 5.74) is 7.75. The molecule has 3 aromatic rings. The van der Waals surface area contributed by atoms with Crippen molar-refractivity contribution in [3.05, 3.63) is 40.4 Å². The summed E-state index contributed by atoms with van der Waals surface area (Å²) in [5.74, 6) is 1.09. The summed E-state index contributed by atoms with van der Waals surface area (Å²) in [4.78, 5) is 5.30. The molecule has 0 unspecified atom stereocenters. The lowest BCUT2D eigenvalue weighted by molar-refractivity contribution is 0.433. The second kappa shape index (κ2) is 4.79. The Labute approximate surface area is 122 Å². The van der Waals surface area contributed by atoms with E-state index in [1.807, 2.05) is 37.3 Å². The molecule has 2 heterocycles. The van der Waals surface area contributed by atoms with E-state index >= 15 is 0 Å². The number of nitrogens with two attached hydrogens (primary N) is 1. The number of hydrogen-bond acceptors (Lipinski definition) is 5. The van der Waals surface area contributed by atoms with Crippen LogP contribution in [0.2, 0.25) is 0 Å². The van der Waals surface area contributed by atoms with Crippen molar-refractivity contribution in [1.29, 1.82) is 0 Å². The van der Waals surface area contributed by atoms with Crippen LogP contribution >= 0.6 is 27.3 Å². The van der Waals surface area contributed by atoms with Crippen LogP contribution < -0.4 is 5.73 Å². The summed E-state index contributed by atoms with van der Waals surface area (Å²) in [6, 6.07) is 9.66. The molecule has 1 aromatic carbocycles. The third-order valence-corrected chi connectivity index (χ3v) is 4.09. The van der Waals surface area contributed by atoms with Crippen molar-refractivity contribution in [2.75, 3.05) is 5.73 Å². The summed E-state index contributed by atoms with van der Waals surface area (Å²) >= 11 is 4.87. The zero-order chi connectivity index (χ0) is 13.4. The molecule has 2 N–H and O–H groups in total. The quantitative estimate of drug-likeness (QED) is 0.765. The Hall–Kier alpha value is -1.66. The fourth-order valence-corrected chi connectivity index (χ4v) is 2.95. The van der Waals surface area contributed by atoms with Crippen molar-refractivity contribution in [3.8, 4) is 22.2 Å². The van der Waals surface area contributed by atoms with Gasteiger partial charge >= 0.3 is 0 Å². The minimum absolute atomic E-state index is 0.499. The first kappa shape index (κ1) is 12.4. The molecule has 96 valence electrons. The number of aromatic nitrogens is 2. The van der Waals surface area contributed by atoms with Crippen molar-refractivity contribution >= 4 is 32.3 Å². The molecule has 0 spiro atoms. The Morgan fingerprint density at radius 3 is 2.79 bits per heavy atom. The monoisotopic (exact) mass is 335 g/mol. The predicted octanol–water partition coefficient (Wildman–Crippen LogP) is 4.12. The van der Waals surface area contributed by atoms with Gasteiger partial charge in [-0.2, -0.15) is 4.98 Å². The smallest absolute Gasteiger partial charge is 0.268 e. The molecule has 19 heavy (non-hydrogen) atoms. The summed E-state index contributed by atoms with van der Waals surface area (Å²) in [5, 5.41) is 4.76. The molecule has 0 saturated heterocycles. The maximum absolute atomic E-state index is 5.70. The van der Waals surface area contributed by atoms with Gasteiger partial charge in [0.2, 0.25) is 5.82 Å². The van der Waals surface area contributed by atoms with Gasteiger partial charge < -0.3 is 10.3 Å². The van der Waals surface area contributed by atoms with E-state index in [1.54, 1.807) is 0 Å².